The van der Waals surface area contributed by atoms with Gasteiger partial charge in [0.1, 0.15) is 12.2 Å². The Kier molecular flexibility index (Phi) is 15.9. The van der Waals surface area contributed by atoms with E-state index in [4.69, 9.17) is 19.3 Å². The molecule has 1 amide bonds. The normalized spacial score (nSPS) is 20.7. The monoisotopic (exact) mass is 765 g/mol. The summed E-state index contributed by atoms with van der Waals surface area (Å²) in [6.07, 6.45) is -5.74. The Balaban J connectivity index is 1.31. The van der Waals surface area contributed by atoms with Crippen molar-refractivity contribution in [1.29, 1.82) is 0 Å². The van der Waals surface area contributed by atoms with Crippen LogP contribution >= 0.6 is 11.8 Å². The van der Waals surface area contributed by atoms with E-state index in [1.165, 1.54) is 31.2 Å². The van der Waals surface area contributed by atoms with Gasteiger partial charge in [0.2, 0.25) is 5.91 Å². The molecule has 1 saturated heterocycles. The number of thioether (sulfide) groups is 1. The van der Waals surface area contributed by atoms with Gasteiger partial charge in [0.15, 0.2) is 11.6 Å². The van der Waals surface area contributed by atoms with Crippen LogP contribution in [0.2, 0.25) is 0 Å². The molecule has 0 saturated carbocycles. The first-order valence-corrected chi connectivity index (χ1v) is 18.8. The maximum absolute atomic E-state index is 13.1. The number of ketones is 2. The molecule has 4 rings (SSSR count). The van der Waals surface area contributed by atoms with Gasteiger partial charge in [-0.15, -0.1) is 0 Å². The highest BCUT2D eigenvalue weighted by atomic mass is 32.2. The fraction of sp³-hybridized carbons (Fsp3) is 0.425. The summed E-state index contributed by atoms with van der Waals surface area (Å²) < 4.78 is 16.9. The Hall–Kier alpha value is -4.44. The summed E-state index contributed by atoms with van der Waals surface area (Å²) in [5, 5.41) is 45.0. The summed E-state index contributed by atoms with van der Waals surface area (Å²) in [6.45, 7) is 1.19. The van der Waals surface area contributed by atoms with Crippen LogP contribution in [0.4, 0.5) is 0 Å². The molecule has 1 fully saturated rings. The Morgan fingerprint density at radius 2 is 1.43 bits per heavy atom. The van der Waals surface area contributed by atoms with Gasteiger partial charge in [0.05, 0.1) is 37.5 Å². The molecule has 3 aromatic rings. The van der Waals surface area contributed by atoms with Crippen molar-refractivity contribution in [3.05, 3.63) is 95.6 Å². The minimum Gasteiger partial charge on any atom is -0.478 e. The van der Waals surface area contributed by atoms with E-state index >= 15 is 0 Å². The van der Waals surface area contributed by atoms with Crippen molar-refractivity contribution in [2.75, 3.05) is 25.2 Å². The SMILES string of the molecule is COC(=O)[C@@]1(OCCCSCCCC(=O)c2ccc(C(=O)O)cc2)C[C@@H](O)[C@@H](NC(C)=O)C([C@H](O)[C@H](O)CCC(=O)c2ccc(-c3ccccc3)cc2)O1. The van der Waals surface area contributed by atoms with Crippen molar-refractivity contribution in [1.82, 2.24) is 5.32 Å². The van der Waals surface area contributed by atoms with Crippen LogP contribution in [-0.2, 0) is 23.8 Å². The molecule has 5 N–H and O–H groups in total. The smallest absolute Gasteiger partial charge is 0.366 e. The third-order valence-electron chi connectivity index (χ3n) is 9.07. The van der Waals surface area contributed by atoms with Gasteiger partial charge in [-0.25, -0.2) is 9.59 Å². The molecule has 1 aliphatic heterocycles. The first-order valence-electron chi connectivity index (χ1n) is 17.7. The molecule has 14 heteroatoms. The predicted octanol–water partition coefficient (Wildman–Crippen LogP) is 4.06. The highest BCUT2D eigenvalue weighted by Crippen LogP contribution is 2.35. The lowest BCUT2D eigenvalue weighted by Crippen LogP contribution is -2.67. The first-order chi connectivity index (χ1) is 25.8. The third kappa shape index (κ3) is 11.5. The molecule has 3 aromatic carbocycles. The number of carbonyl (C=O) groups excluding carboxylic acids is 4. The quantitative estimate of drug-likeness (QED) is 0.0626. The topological polar surface area (TPSA) is 206 Å². The standard InChI is InChI=1S/C40H47NO12S/c1-25(42)41-35-34(46)24-40(39(50)51-2,52-21-7-23-54-22-6-10-31(43)28-15-17-30(18-16-28)38(48)49)53-37(35)36(47)33(45)20-19-32(44)29-13-11-27(12-14-29)26-8-4-3-5-9-26/h3-5,8-9,11-18,33-37,45-47H,6-7,10,19-24H2,1-2H3,(H,41,42)(H,48,49)/t33-,34-,35-,36-,37?,40-/m1/s1. The van der Waals surface area contributed by atoms with Crippen LogP contribution in [0.1, 0.15) is 76.5 Å². The maximum atomic E-state index is 13.1. The molecule has 1 aliphatic rings. The van der Waals surface area contributed by atoms with Crippen molar-refractivity contribution in [2.24, 2.45) is 0 Å². The van der Waals surface area contributed by atoms with Crippen molar-refractivity contribution in [2.45, 2.75) is 81.7 Å². The number of carbonyl (C=O) groups is 5. The number of aliphatic hydroxyl groups is 3. The van der Waals surface area contributed by atoms with Gasteiger partial charge in [-0.1, -0.05) is 66.7 Å². The van der Waals surface area contributed by atoms with E-state index in [0.717, 1.165) is 18.2 Å². The van der Waals surface area contributed by atoms with Crippen LogP contribution in [-0.4, -0.2) is 111 Å². The van der Waals surface area contributed by atoms with Crippen molar-refractivity contribution >= 4 is 41.2 Å². The molecule has 0 spiro atoms. The number of aliphatic hydroxyl groups excluding tert-OH is 3. The highest BCUT2D eigenvalue weighted by molar-refractivity contribution is 7.99. The summed E-state index contributed by atoms with van der Waals surface area (Å²) in [6, 6.07) is 21.2. The Labute approximate surface area is 318 Å². The van der Waals surface area contributed by atoms with Crippen LogP contribution in [0.5, 0.6) is 0 Å². The zero-order valence-electron chi connectivity index (χ0n) is 30.2. The second kappa shape index (κ2) is 20.3. The molecule has 0 bridgehead atoms. The van der Waals surface area contributed by atoms with Gasteiger partial charge in [-0.3, -0.25) is 14.4 Å². The number of aromatic carboxylic acids is 1. The molecule has 6 atom stereocenters. The van der Waals surface area contributed by atoms with E-state index in [0.29, 0.717) is 35.5 Å². The van der Waals surface area contributed by atoms with Crippen LogP contribution < -0.4 is 5.32 Å². The molecule has 0 aliphatic carbocycles. The zero-order valence-corrected chi connectivity index (χ0v) is 31.0. The number of benzene rings is 3. The Morgan fingerprint density at radius 1 is 0.852 bits per heavy atom. The van der Waals surface area contributed by atoms with Gasteiger partial charge in [0, 0.05) is 37.3 Å². The Bertz CT molecular complexity index is 1720. The van der Waals surface area contributed by atoms with Crippen molar-refractivity contribution in [3.63, 3.8) is 0 Å². The lowest BCUT2D eigenvalue weighted by atomic mass is 9.87. The lowest BCUT2D eigenvalue weighted by molar-refractivity contribution is -0.311. The molecule has 13 nitrogen and oxygen atoms in total. The number of carboxylic acid groups (broad SMARTS) is 1. The van der Waals surface area contributed by atoms with Crippen LogP contribution in [0.15, 0.2) is 78.9 Å². The average molecular weight is 766 g/mol. The lowest BCUT2D eigenvalue weighted by Gasteiger charge is -2.47. The second-order valence-corrected chi connectivity index (χ2v) is 14.2. The summed E-state index contributed by atoms with van der Waals surface area (Å²) in [5.74, 6) is -3.89. The molecular weight excluding hydrogens is 719 g/mol. The number of rotatable bonds is 20. The van der Waals surface area contributed by atoms with Crippen LogP contribution in [0, 0.1) is 0 Å². The number of hydrogen-bond acceptors (Lipinski definition) is 12. The van der Waals surface area contributed by atoms with E-state index in [1.54, 1.807) is 23.9 Å². The van der Waals surface area contributed by atoms with Gasteiger partial charge in [-0.05, 0) is 54.0 Å². The van der Waals surface area contributed by atoms with Crippen LogP contribution in [0.3, 0.4) is 0 Å². The van der Waals surface area contributed by atoms with E-state index in [9.17, 15) is 39.3 Å². The largest absolute Gasteiger partial charge is 0.478 e. The van der Waals surface area contributed by atoms with Gasteiger partial charge >= 0.3 is 11.9 Å². The van der Waals surface area contributed by atoms with Gasteiger partial charge in [0.25, 0.3) is 5.79 Å². The van der Waals surface area contributed by atoms with Gasteiger partial charge < -0.3 is 40.0 Å². The Morgan fingerprint density at radius 3 is 2.04 bits per heavy atom. The highest BCUT2D eigenvalue weighted by Gasteiger charge is 2.56. The average Bonchev–Trinajstić information content (AvgIpc) is 3.18. The summed E-state index contributed by atoms with van der Waals surface area (Å²) in [4.78, 5) is 61.6. The molecule has 0 radical (unpaired) electrons. The molecule has 54 heavy (non-hydrogen) atoms. The number of amides is 1. The molecule has 1 unspecified atom stereocenters. The van der Waals surface area contributed by atoms with Gasteiger partial charge in [-0.2, -0.15) is 11.8 Å². The minimum atomic E-state index is -2.17. The molecular formula is C40H47NO12S. The fourth-order valence-electron chi connectivity index (χ4n) is 6.17. The number of carboxylic acids is 1. The van der Waals surface area contributed by atoms with Crippen molar-refractivity contribution in [3.8, 4) is 11.1 Å². The van der Waals surface area contributed by atoms with Crippen LogP contribution in [0.25, 0.3) is 11.1 Å². The number of ether oxygens (including phenoxy) is 3. The number of hydrogen-bond donors (Lipinski definition) is 5. The van der Waals surface area contributed by atoms with E-state index in [2.05, 4.69) is 5.32 Å². The molecule has 1 heterocycles. The molecule has 0 aromatic heterocycles. The molecule has 290 valence electrons. The summed E-state index contributed by atoms with van der Waals surface area (Å²) in [7, 11) is 1.11. The first kappa shape index (κ1) is 42.3. The summed E-state index contributed by atoms with van der Waals surface area (Å²) >= 11 is 1.55. The fourth-order valence-corrected chi connectivity index (χ4v) is 7.04. The third-order valence-corrected chi connectivity index (χ3v) is 10.2. The number of esters is 1. The van der Waals surface area contributed by atoms with E-state index < -0.39 is 60.5 Å². The van der Waals surface area contributed by atoms with E-state index in [1.807, 2.05) is 42.5 Å². The number of nitrogens with one attached hydrogen (secondary N) is 1. The second-order valence-electron chi connectivity index (χ2n) is 13.0. The summed E-state index contributed by atoms with van der Waals surface area (Å²) in [5.41, 5.74) is 2.90. The van der Waals surface area contributed by atoms with E-state index in [-0.39, 0.29) is 43.0 Å². The van der Waals surface area contributed by atoms with Crippen molar-refractivity contribution < 1.29 is 58.6 Å². The predicted molar refractivity (Wildman–Crippen MR) is 200 cm³/mol. The number of methoxy groups -OCH3 is 1. The number of Topliss-reactive ketones (excluding diaryl/α,β-unsaturated/α-hetero) is 2. The minimum absolute atomic E-state index is 0.0165. The maximum Gasteiger partial charge on any atom is 0.366 e. The zero-order chi connectivity index (χ0) is 39.3.